The minimum absolute atomic E-state index is 0.0830. The van der Waals surface area contributed by atoms with Gasteiger partial charge in [0, 0.05) is 26.1 Å². The van der Waals surface area contributed by atoms with Crippen molar-refractivity contribution >= 4 is 17.0 Å². The average Bonchev–Trinajstić information content (AvgIpc) is 3.12. The Morgan fingerprint density at radius 2 is 2.32 bits per heavy atom. The fourth-order valence-electron chi connectivity index (χ4n) is 3.80. The van der Waals surface area contributed by atoms with Crippen LogP contribution in [0.4, 0.5) is 0 Å². The minimum atomic E-state index is -0.734. The topological polar surface area (TPSA) is 67.6 Å². The summed E-state index contributed by atoms with van der Waals surface area (Å²) in [5.41, 5.74) is 1.36. The molecule has 0 radical (unpaired) electrons. The van der Waals surface area contributed by atoms with Gasteiger partial charge in [-0.25, -0.2) is 4.98 Å². The number of carbonyl (C=O) groups is 1. The van der Waals surface area contributed by atoms with Gasteiger partial charge in [-0.1, -0.05) is 12.1 Å². The van der Waals surface area contributed by atoms with Crippen LogP contribution in [0.5, 0.6) is 0 Å². The third kappa shape index (κ3) is 1.87. The van der Waals surface area contributed by atoms with Gasteiger partial charge in [0.25, 0.3) is 0 Å². The first kappa shape index (κ1) is 13.7. The molecule has 2 atom stereocenters. The van der Waals surface area contributed by atoms with E-state index in [0.29, 0.717) is 26.3 Å². The van der Waals surface area contributed by atoms with Crippen molar-refractivity contribution in [3.05, 3.63) is 30.1 Å². The zero-order valence-corrected chi connectivity index (χ0v) is 12.5. The van der Waals surface area contributed by atoms with Crippen LogP contribution < -0.4 is 0 Å². The predicted molar refractivity (Wildman–Crippen MR) is 80.4 cm³/mol. The van der Waals surface area contributed by atoms with Crippen LogP contribution >= 0.6 is 0 Å². The number of nitrogens with zero attached hydrogens (tertiary/aromatic N) is 3. The number of hydrogen-bond acceptors (Lipinski definition) is 4. The van der Waals surface area contributed by atoms with Gasteiger partial charge >= 0.3 is 5.97 Å². The van der Waals surface area contributed by atoms with E-state index < -0.39 is 11.4 Å². The lowest BCUT2D eigenvalue weighted by molar-refractivity contribution is -0.149. The zero-order valence-electron chi connectivity index (χ0n) is 12.5. The summed E-state index contributed by atoms with van der Waals surface area (Å²) in [5.74, 6) is 0.324. The number of fused-ring (bicyclic) bond motifs is 2. The summed E-state index contributed by atoms with van der Waals surface area (Å²) >= 11 is 0. The van der Waals surface area contributed by atoms with Crippen LogP contribution in [0.3, 0.4) is 0 Å². The van der Waals surface area contributed by atoms with Gasteiger partial charge in [0.05, 0.1) is 30.8 Å². The Morgan fingerprint density at radius 1 is 1.50 bits per heavy atom. The molecule has 0 bridgehead atoms. The zero-order chi connectivity index (χ0) is 15.3. The molecule has 4 rings (SSSR count). The molecule has 6 heteroatoms. The third-order valence-electron chi connectivity index (χ3n) is 5.12. The van der Waals surface area contributed by atoms with Crippen LogP contribution in [0.15, 0.2) is 24.3 Å². The molecule has 2 aromatic rings. The number of imidazole rings is 1. The van der Waals surface area contributed by atoms with E-state index in [0.717, 1.165) is 23.4 Å². The van der Waals surface area contributed by atoms with E-state index in [-0.39, 0.29) is 5.92 Å². The van der Waals surface area contributed by atoms with Crippen LogP contribution in [0, 0.1) is 11.3 Å². The van der Waals surface area contributed by atoms with Crippen molar-refractivity contribution in [3.8, 4) is 0 Å². The van der Waals surface area contributed by atoms with Crippen molar-refractivity contribution < 1.29 is 14.6 Å². The Labute approximate surface area is 128 Å². The lowest BCUT2D eigenvalue weighted by atomic mass is 9.81. The first-order valence-corrected chi connectivity index (χ1v) is 7.54. The number of rotatable bonds is 3. The molecule has 0 unspecified atom stereocenters. The van der Waals surface area contributed by atoms with Crippen LogP contribution in [0.1, 0.15) is 5.82 Å². The Kier molecular flexibility index (Phi) is 2.99. The molecule has 0 amide bonds. The molecule has 1 N–H and O–H groups in total. The molecule has 1 aromatic carbocycles. The highest BCUT2D eigenvalue weighted by Crippen LogP contribution is 2.41. The number of carboxylic acids is 1. The predicted octanol–water partition coefficient (Wildman–Crippen LogP) is 1.11. The highest BCUT2D eigenvalue weighted by Gasteiger charge is 2.56. The van der Waals surface area contributed by atoms with E-state index >= 15 is 0 Å². The van der Waals surface area contributed by atoms with Crippen molar-refractivity contribution in [3.63, 3.8) is 0 Å². The maximum atomic E-state index is 11.7. The molecule has 1 aromatic heterocycles. The quantitative estimate of drug-likeness (QED) is 0.920. The molecule has 2 saturated heterocycles. The highest BCUT2D eigenvalue weighted by atomic mass is 16.5. The first-order valence-electron chi connectivity index (χ1n) is 7.54. The summed E-state index contributed by atoms with van der Waals surface area (Å²) in [6.45, 7) is 2.85. The molecule has 3 heterocycles. The van der Waals surface area contributed by atoms with Gasteiger partial charge in [-0.2, -0.15) is 0 Å². The van der Waals surface area contributed by atoms with Crippen LogP contribution in [0.2, 0.25) is 0 Å². The van der Waals surface area contributed by atoms with Gasteiger partial charge in [0.15, 0.2) is 0 Å². The number of likely N-dealkylation sites (tertiary alicyclic amines) is 1. The molecule has 0 spiro atoms. The van der Waals surface area contributed by atoms with Crippen molar-refractivity contribution in [1.29, 1.82) is 0 Å². The Bertz CT molecular complexity index is 741. The molecule has 116 valence electrons. The second kappa shape index (κ2) is 4.79. The number of carboxylic acid groups (broad SMARTS) is 1. The Morgan fingerprint density at radius 3 is 3.05 bits per heavy atom. The van der Waals surface area contributed by atoms with E-state index in [1.54, 1.807) is 0 Å². The molecule has 2 aliphatic rings. The summed E-state index contributed by atoms with van der Waals surface area (Å²) in [6, 6.07) is 8.04. The second-order valence-electron chi connectivity index (χ2n) is 6.42. The molecular weight excluding hydrogens is 282 g/mol. The first-order chi connectivity index (χ1) is 10.6. The summed E-state index contributed by atoms with van der Waals surface area (Å²) in [5, 5.41) is 9.60. The molecule has 0 aliphatic carbocycles. The second-order valence-corrected chi connectivity index (χ2v) is 6.42. The normalized spacial score (nSPS) is 28.3. The number of aryl methyl sites for hydroxylation is 1. The standard InChI is InChI=1S/C16H19N3O3/c1-18-13-5-3-2-4-12(13)17-14(18)7-19-6-11-8-22-10-16(11,9-19)15(20)21/h2-5,11H,6-10H2,1H3,(H,20,21)/t11-,16-/m1/s1. The van der Waals surface area contributed by atoms with E-state index in [4.69, 9.17) is 4.74 Å². The largest absolute Gasteiger partial charge is 0.481 e. The number of ether oxygens (including phenoxy) is 1. The van der Waals surface area contributed by atoms with Crippen LogP contribution in [-0.4, -0.2) is 51.8 Å². The molecule has 0 saturated carbocycles. The van der Waals surface area contributed by atoms with Crippen molar-refractivity contribution in [2.75, 3.05) is 26.3 Å². The molecule has 2 aliphatic heterocycles. The van der Waals surface area contributed by atoms with Crippen molar-refractivity contribution in [2.45, 2.75) is 6.54 Å². The molecule has 22 heavy (non-hydrogen) atoms. The van der Waals surface area contributed by atoms with Crippen LogP contribution in [-0.2, 0) is 23.1 Å². The van der Waals surface area contributed by atoms with E-state index in [1.807, 2.05) is 25.2 Å². The maximum absolute atomic E-state index is 11.7. The number of aliphatic carboxylic acids is 1. The summed E-state index contributed by atoms with van der Waals surface area (Å²) in [4.78, 5) is 18.6. The van der Waals surface area contributed by atoms with E-state index in [1.165, 1.54) is 0 Å². The Balaban J connectivity index is 1.59. The fraction of sp³-hybridized carbons (Fsp3) is 0.500. The molecule has 6 nitrogen and oxygen atoms in total. The van der Waals surface area contributed by atoms with Crippen molar-refractivity contribution in [2.24, 2.45) is 18.4 Å². The summed E-state index contributed by atoms with van der Waals surface area (Å²) in [6.07, 6.45) is 0. The van der Waals surface area contributed by atoms with Gasteiger partial charge in [0.2, 0.25) is 0 Å². The van der Waals surface area contributed by atoms with Gasteiger partial charge in [-0.05, 0) is 12.1 Å². The monoisotopic (exact) mass is 301 g/mol. The van der Waals surface area contributed by atoms with E-state index in [9.17, 15) is 9.90 Å². The number of hydrogen-bond donors (Lipinski definition) is 1. The van der Waals surface area contributed by atoms with Gasteiger partial charge in [0.1, 0.15) is 11.2 Å². The maximum Gasteiger partial charge on any atom is 0.313 e. The van der Waals surface area contributed by atoms with Gasteiger partial charge in [-0.3, -0.25) is 9.69 Å². The van der Waals surface area contributed by atoms with Crippen molar-refractivity contribution in [1.82, 2.24) is 14.5 Å². The number of aromatic nitrogens is 2. The smallest absolute Gasteiger partial charge is 0.313 e. The number of para-hydroxylation sites is 2. The average molecular weight is 301 g/mol. The van der Waals surface area contributed by atoms with Crippen LogP contribution in [0.25, 0.3) is 11.0 Å². The minimum Gasteiger partial charge on any atom is -0.481 e. The lowest BCUT2D eigenvalue weighted by Crippen LogP contribution is -2.39. The number of benzene rings is 1. The Hall–Kier alpha value is -1.92. The SMILES string of the molecule is Cn1c(CN2C[C@@H]3COC[C@]3(C(=O)O)C2)nc2ccccc21. The molecular formula is C16H19N3O3. The summed E-state index contributed by atoms with van der Waals surface area (Å²) < 4.78 is 7.51. The third-order valence-corrected chi connectivity index (χ3v) is 5.12. The molecule has 2 fully saturated rings. The van der Waals surface area contributed by atoms with E-state index in [2.05, 4.69) is 20.5 Å². The summed E-state index contributed by atoms with van der Waals surface area (Å²) in [7, 11) is 2.01. The van der Waals surface area contributed by atoms with Gasteiger partial charge in [-0.15, -0.1) is 0 Å². The highest BCUT2D eigenvalue weighted by molar-refractivity contribution is 5.77. The fourth-order valence-corrected chi connectivity index (χ4v) is 3.80. The lowest BCUT2D eigenvalue weighted by Gasteiger charge is -2.21. The van der Waals surface area contributed by atoms with Gasteiger partial charge < -0.3 is 14.4 Å².